The van der Waals surface area contributed by atoms with Crippen LogP contribution in [0.1, 0.15) is 51.9 Å². The number of rotatable bonds is 4. The normalized spacial score (nSPS) is 13.1. The van der Waals surface area contributed by atoms with Gasteiger partial charge in [0, 0.05) is 31.9 Å². The molecule has 0 aliphatic carbocycles. The molecule has 2 N–H and O–H groups in total. The lowest BCUT2D eigenvalue weighted by Crippen LogP contribution is -2.51. The minimum absolute atomic E-state index is 0.130. The Morgan fingerprint density at radius 1 is 0.757 bits per heavy atom. The zero-order valence-electron chi connectivity index (χ0n) is 22.6. The Labute approximate surface area is 221 Å². The lowest BCUT2D eigenvalue weighted by atomic mass is 10.1. The van der Waals surface area contributed by atoms with E-state index in [-0.39, 0.29) is 42.7 Å². The van der Waals surface area contributed by atoms with E-state index in [1.54, 1.807) is 18.2 Å². The predicted octanol–water partition coefficient (Wildman–Crippen LogP) is 6.16. The van der Waals surface area contributed by atoms with E-state index < -0.39 is 16.0 Å². The molecule has 0 bridgehead atoms. The summed E-state index contributed by atoms with van der Waals surface area (Å²) >= 11 is 0. The van der Waals surface area contributed by atoms with E-state index in [4.69, 9.17) is 5.11 Å². The Kier molecular flexibility index (Phi) is 13.4. The first-order valence-electron chi connectivity index (χ1n) is 12.7. The highest BCUT2D eigenvalue weighted by Crippen LogP contribution is 2.23. The van der Waals surface area contributed by atoms with E-state index in [2.05, 4.69) is 5.32 Å². The topological polar surface area (TPSA) is 107 Å². The highest BCUT2D eigenvalue weighted by Gasteiger charge is 2.30. The molecule has 1 heterocycles. The summed E-state index contributed by atoms with van der Waals surface area (Å²) in [6, 6.07) is 18.1. The summed E-state index contributed by atoms with van der Waals surface area (Å²) in [4.78, 5) is 25.2. The van der Waals surface area contributed by atoms with Crippen LogP contribution in [0.15, 0.2) is 71.6 Å². The maximum atomic E-state index is 13.0. The molecule has 0 radical (unpaired) electrons. The number of anilines is 1. The van der Waals surface area contributed by atoms with Crippen LogP contribution in [0.4, 0.5) is 10.5 Å². The van der Waals surface area contributed by atoms with Crippen molar-refractivity contribution >= 4 is 38.5 Å². The molecule has 0 aromatic heterocycles. The van der Waals surface area contributed by atoms with Crippen LogP contribution in [0, 0.1) is 0 Å². The number of benzene rings is 3. The molecular weight excluding hydrogens is 490 g/mol. The number of carbonyl (C=O) groups is 2. The Hall–Kier alpha value is -3.43. The number of carboxylic acids is 1. The number of sulfonamides is 1. The Balaban J connectivity index is 0.00000106. The molecule has 8 nitrogen and oxygen atoms in total. The first-order valence-corrected chi connectivity index (χ1v) is 14.2. The maximum Gasteiger partial charge on any atom is 0.335 e. The molecule has 37 heavy (non-hydrogen) atoms. The van der Waals surface area contributed by atoms with Crippen molar-refractivity contribution in [1.82, 2.24) is 9.21 Å². The Bertz CT molecular complexity index is 1240. The third-order valence-corrected chi connectivity index (χ3v) is 7.16. The van der Waals surface area contributed by atoms with Crippen LogP contribution in [0.5, 0.6) is 0 Å². The molecule has 202 valence electrons. The molecule has 1 fully saturated rings. The number of hydrogen-bond acceptors (Lipinski definition) is 4. The van der Waals surface area contributed by atoms with E-state index in [0.29, 0.717) is 5.69 Å². The number of carbonyl (C=O) groups excluding carboxylic acids is 1. The summed E-state index contributed by atoms with van der Waals surface area (Å²) in [6.45, 7) is 12.9. The fourth-order valence-electron chi connectivity index (χ4n) is 3.51. The number of amides is 2. The van der Waals surface area contributed by atoms with Crippen molar-refractivity contribution in [3.05, 3.63) is 72.3 Å². The van der Waals surface area contributed by atoms with Crippen molar-refractivity contribution < 1.29 is 23.1 Å². The van der Waals surface area contributed by atoms with Crippen molar-refractivity contribution in [3.63, 3.8) is 0 Å². The van der Waals surface area contributed by atoms with Gasteiger partial charge in [0.05, 0.1) is 10.5 Å². The molecule has 1 aliphatic rings. The van der Waals surface area contributed by atoms with Gasteiger partial charge in [-0.05, 0) is 47.2 Å². The van der Waals surface area contributed by atoms with Crippen molar-refractivity contribution in [2.75, 3.05) is 31.5 Å². The number of nitrogens with zero attached hydrogens (tertiary/aromatic N) is 2. The number of fused-ring (bicyclic) bond motifs is 1. The van der Waals surface area contributed by atoms with Crippen molar-refractivity contribution in [3.8, 4) is 0 Å². The monoisotopic (exact) mass is 529 g/mol. The largest absolute Gasteiger partial charge is 0.478 e. The van der Waals surface area contributed by atoms with Gasteiger partial charge in [0.1, 0.15) is 0 Å². The lowest BCUT2D eigenvalue weighted by molar-refractivity contribution is 0.0697. The van der Waals surface area contributed by atoms with Gasteiger partial charge in [0.15, 0.2) is 0 Å². The molecule has 0 spiro atoms. The summed E-state index contributed by atoms with van der Waals surface area (Å²) in [5, 5.41) is 13.5. The number of hydrogen-bond donors (Lipinski definition) is 2. The average Bonchev–Trinajstić information content (AvgIpc) is 2.96. The van der Waals surface area contributed by atoms with Crippen LogP contribution in [-0.2, 0) is 10.0 Å². The highest BCUT2D eigenvalue weighted by molar-refractivity contribution is 7.89. The van der Waals surface area contributed by atoms with Crippen LogP contribution in [0.2, 0.25) is 0 Å². The number of carboxylic acid groups (broad SMARTS) is 1. The smallest absolute Gasteiger partial charge is 0.335 e. The zero-order valence-corrected chi connectivity index (χ0v) is 23.4. The average molecular weight is 530 g/mol. The molecular formula is C28H39N3O5S. The first kappa shape index (κ1) is 31.6. The molecule has 1 saturated heterocycles. The lowest BCUT2D eigenvalue weighted by Gasteiger charge is -2.34. The van der Waals surface area contributed by atoms with Gasteiger partial charge < -0.3 is 15.3 Å². The molecule has 2 amide bonds. The highest BCUT2D eigenvalue weighted by atomic mass is 32.2. The molecule has 3 aromatic carbocycles. The Morgan fingerprint density at radius 2 is 1.30 bits per heavy atom. The number of urea groups is 1. The quantitative estimate of drug-likeness (QED) is 0.421. The van der Waals surface area contributed by atoms with Crippen LogP contribution in [-0.4, -0.2) is 60.9 Å². The summed E-state index contributed by atoms with van der Waals surface area (Å²) in [6.07, 6.45) is 0. The van der Waals surface area contributed by atoms with Gasteiger partial charge in [0.2, 0.25) is 10.0 Å². The van der Waals surface area contributed by atoms with Crippen LogP contribution in [0.3, 0.4) is 0 Å². The second-order valence-electron chi connectivity index (χ2n) is 7.21. The van der Waals surface area contributed by atoms with Gasteiger partial charge in [-0.3, -0.25) is 0 Å². The maximum absolute atomic E-state index is 13.0. The molecule has 3 aromatic rings. The zero-order chi connectivity index (χ0) is 28.0. The molecule has 0 saturated carbocycles. The first-order chi connectivity index (χ1) is 17.8. The van der Waals surface area contributed by atoms with Gasteiger partial charge in [0.25, 0.3) is 0 Å². The fraction of sp³-hybridized carbons (Fsp3) is 0.357. The Morgan fingerprint density at radius 3 is 1.84 bits per heavy atom. The van der Waals surface area contributed by atoms with E-state index >= 15 is 0 Å². The summed E-state index contributed by atoms with van der Waals surface area (Å²) in [5.41, 5.74) is 0.603. The van der Waals surface area contributed by atoms with Crippen LogP contribution >= 0.6 is 0 Å². The minimum Gasteiger partial charge on any atom is -0.478 e. The molecule has 0 unspecified atom stereocenters. The third kappa shape index (κ3) is 8.30. The van der Waals surface area contributed by atoms with Crippen molar-refractivity contribution in [1.29, 1.82) is 0 Å². The summed E-state index contributed by atoms with van der Waals surface area (Å²) < 4.78 is 27.5. The molecule has 4 rings (SSSR count). The van der Waals surface area contributed by atoms with E-state index in [9.17, 15) is 18.0 Å². The fourth-order valence-corrected chi connectivity index (χ4v) is 4.97. The van der Waals surface area contributed by atoms with E-state index in [1.165, 1.54) is 33.5 Å². The van der Waals surface area contributed by atoms with Crippen LogP contribution in [0.25, 0.3) is 10.8 Å². The molecule has 1 aliphatic heterocycles. The van der Waals surface area contributed by atoms with Gasteiger partial charge in [-0.2, -0.15) is 4.31 Å². The second kappa shape index (κ2) is 15.6. The summed E-state index contributed by atoms with van der Waals surface area (Å²) in [5.74, 6) is -1.04. The molecule has 0 atom stereocenters. The van der Waals surface area contributed by atoms with E-state index in [1.807, 2.05) is 65.8 Å². The third-order valence-electron chi connectivity index (χ3n) is 5.27. The minimum atomic E-state index is -3.66. The van der Waals surface area contributed by atoms with Gasteiger partial charge in [-0.1, -0.05) is 71.9 Å². The summed E-state index contributed by atoms with van der Waals surface area (Å²) in [7, 11) is -3.66. The van der Waals surface area contributed by atoms with Gasteiger partial charge in [-0.15, -0.1) is 0 Å². The van der Waals surface area contributed by atoms with Gasteiger partial charge >= 0.3 is 12.0 Å². The number of aromatic carboxylic acids is 1. The number of piperazine rings is 1. The van der Waals surface area contributed by atoms with E-state index in [0.717, 1.165) is 10.8 Å². The van der Waals surface area contributed by atoms with Crippen molar-refractivity contribution in [2.24, 2.45) is 0 Å². The van der Waals surface area contributed by atoms with Crippen LogP contribution < -0.4 is 5.32 Å². The predicted molar refractivity (Wildman–Crippen MR) is 151 cm³/mol. The second-order valence-corrected chi connectivity index (χ2v) is 9.15. The molecule has 9 heteroatoms. The van der Waals surface area contributed by atoms with Crippen molar-refractivity contribution in [2.45, 2.75) is 46.4 Å². The SMILES string of the molecule is CC.CC.CC.O=C(O)c1ccc(NC(=O)N2CCN(S(=O)(=O)c3ccc4ccccc4c3)CC2)cc1. The number of nitrogens with one attached hydrogen (secondary N) is 1. The van der Waals surface area contributed by atoms with Gasteiger partial charge in [-0.25, -0.2) is 18.0 Å². The standard InChI is InChI=1S/C22H21N3O5S.3C2H6/c26-21(27)17-5-8-19(9-6-17)23-22(28)24-11-13-25(14-12-24)31(29,30)20-10-7-16-3-1-2-4-18(16)15-20;3*1-2/h1-10,15H,11-14H2,(H,23,28)(H,26,27);3*1-2H3.